The smallest absolute Gasteiger partial charge is 0.399 e. The second kappa shape index (κ2) is 5.57. The van der Waals surface area contributed by atoms with Gasteiger partial charge < -0.3 is 11.1 Å². The standard InChI is InChI=1S/C12H13F3N2O/c1-8(18)17-6-2-3-9-7-10(16)4-5-11(9)12(13,14)15/h2-5,7H,6,16H2,1H3,(H,17,18). The molecule has 18 heavy (non-hydrogen) atoms. The monoisotopic (exact) mass is 258 g/mol. The third-order valence-electron chi connectivity index (χ3n) is 2.15. The van der Waals surface area contributed by atoms with Crippen molar-refractivity contribution < 1.29 is 18.0 Å². The number of halogens is 3. The van der Waals surface area contributed by atoms with Gasteiger partial charge >= 0.3 is 6.18 Å². The first-order chi connectivity index (χ1) is 8.30. The summed E-state index contributed by atoms with van der Waals surface area (Å²) >= 11 is 0. The quantitative estimate of drug-likeness (QED) is 0.818. The number of hydrogen-bond donors (Lipinski definition) is 2. The van der Waals surface area contributed by atoms with Gasteiger partial charge in [0.25, 0.3) is 0 Å². The fraction of sp³-hybridized carbons (Fsp3) is 0.250. The van der Waals surface area contributed by atoms with Gasteiger partial charge in [0.2, 0.25) is 5.91 Å². The van der Waals surface area contributed by atoms with Crippen molar-refractivity contribution in [2.45, 2.75) is 13.1 Å². The molecule has 3 nitrogen and oxygen atoms in total. The molecule has 0 atom stereocenters. The van der Waals surface area contributed by atoms with Crippen LogP contribution in [0.4, 0.5) is 18.9 Å². The lowest BCUT2D eigenvalue weighted by Gasteiger charge is -2.10. The van der Waals surface area contributed by atoms with E-state index in [1.165, 1.54) is 31.2 Å². The van der Waals surface area contributed by atoms with E-state index in [0.29, 0.717) is 0 Å². The van der Waals surface area contributed by atoms with Gasteiger partial charge in [-0.3, -0.25) is 4.79 Å². The molecule has 0 aliphatic heterocycles. The van der Waals surface area contributed by atoms with Crippen molar-refractivity contribution in [1.29, 1.82) is 0 Å². The largest absolute Gasteiger partial charge is 0.416 e. The van der Waals surface area contributed by atoms with Gasteiger partial charge in [0.1, 0.15) is 0 Å². The number of carbonyl (C=O) groups excluding carboxylic acids is 1. The van der Waals surface area contributed by atoms with Crippen LogP contribution in [0.25, 0.3) is 6.08 Å². The van der Waals surface area contributed by atoms with Crippen molar-refractivity contribution >= 4 is 17.7 Å². The van der Waals surface area contributed by atoms with E-state index in [1.807, 2.05) is 0 Å². The molecule has 98 valence electrons. The lowest BCUT2D eigenvalue weighted by molar-refractivity contribution is -0.137. The Labute approximate surface area is 102 Å². The van der Waals surface area contributed by atoms with Crippen LogP contribution in [0, 0.1) is 0 Å². The minimum absolute atomic E-state index is 0.0205. The van der Waals surface area contributed by atoms with Crippen LogP contribution < -0.4 is 11.1 Å². The molecule has 0 unspecified atom stereocenters. The van der Waals surface area contributed by atoms with Crippen molar-refractivity contribution in [2.75, 3.05) is 12.3 Å². The third kappa shape index (κ3) is 4.12. The maximum Gasteiger partial charge on any atom is 0.416 e. The third-order valence-corrected chi connectivity index (χ3v) is 2.15. The van der Waals surface area contributed by atoms with E-state index >= 15 is 0 Å². The molecular formula is C12H13F3N2O. The zero-order chi connectivity index (χ0) is 13.8. The van der Waals surface area contributed by atoms with Crippen LogP contribution in [0.2, 0.25) is 0 Å². The molecule has 0 spiro atoms. The molecule has 0 aromatic heterocycles. The molecule has 6 heteroatoms. The van der Waals surface area contributed by atoms with E-state index < -0.39 is 11.7 Å². The van der Waals surface area contributed by atoms with E-state index in [-0.39, 0.29) is 23.7 Å². The summed E-state index contributed by atoms with van der Waals surface area (Å²) in [5.74, 6) is -0.247. The highest BCUT2D eigenvalue weighted by Gasteiger charge is 2.32. The Hall–Kier alpha value is -1.98. The minimum atomic E-state index is -4.43. The van der Waals surface area contributed by atoms with Gasteiger partial charge in [-0.2, -0.15) is 13.2 Å². The number of amides is 1. The molecule has 1 aromatic carbocycles. The van der Waals surface area contributed by atoms with Gasteiger partial charge in [-0.05, 0) is 23.8 Å². The van der Waals surface area contributed by atoms with Crippen molar-refractivity contribution in [3.05, 3.63) is 35.4 Å². The van der Waals surface area contributed by atoms with Crippen molar-refractivity contribution in [1.82, 2.24) is 5.32 Å². The molecule has 0 aliphatic rings. The van der Waals surface area contributed by atoms with E-state index in [9.17, 15) is 18.0 Å². The molecule has 0 aliphatic carbocycles. The number of anilines is 1. The topological polar surface area (TPSA) is 55.1 Å². The molecule has 0 fully saturated rings. The molecule has 0 saturated carbocycles. The van der Waals surface area contributed by atoms with Gasteiger partial charge in [-0.25, -0.2) is 0 Å². The van der Waals surface area contributed by atoms with Crippen LogP contribution in [0.5, 0.6) is 0 Å². The van der Waals surface area contributed by atoms with Crippen LogP contribution in [-0.4, -0.2) is 12.5 Å². The number of rotatable bonds is 3. The second-order valence-electron chi connectivity index (χ2n) is 3.68. The van der Waals surface area contributed by atoms with Crippen molar-refractivity contribution in [2.24, 2.45) is 0 Å². The Morgan fingerprint density at radius 3 is 2.67 bits per heavy atom. The SMILES string of the molecule is CC(=O)NCC=Cc1cc(N)ccc1C(F)(F)F. The Bertz CT molecular complexity index is 467. The van der Waals surface area contributed by atoms with Gasteiger partial charge in [0, 0.05) is 19.2 Å². The maximum absolute atomic E-state index is 12.7. The normalized spacial score (nSPS) is 11.8. The molecule has 1 amide bonds. The highest BCUT2D eigenvalue weighted by molar-refractivity contribution is 5.73. The summed E-state index contributed by atoms with van der Waals surface area (Å²) in [4.78, 5) is 10.6. The molecule has 0 saturated heterocycles. The molecule has 1 rings (SSSR count). The number of nitrogens with two attached hydrogens (primary N) is 1. The van der Waals surface area contributed by atoms with E-state index in [4.69, 9.17) is 5.73 Å². The van der Waals surface area contributed by atoms with Crippen LogP contribution in [0.15, 0.2) is 24.3 Å². The van der Waals surface area contributed by atoms with Gasteiger partial charge in [-0.1, -0.05) is 12.2 Å². The average Bonchev–Trinajstić information content (AvgIpc) is 2.22. The fourth-order valence-electron chi connectivity index (χ4n) is 1.37. The maximum atomic E-state index is 12.7. The number of nitrogen functional groups attached to an aromatic ring is 1. The Kier molecular flexibility index (Phi) is 4.36. The zero-order valence-electron chi connectivity index (χ0n) is 9.71. The predicted molar refractivity (Wildman–Crippen MR) is 63.6 cm³/mol. The summed E-state index contributed by atoms with van der Waals surface area (Å²) in [6.07, 6.45) is -1.71. The van der Waals surface area contributed by atoms with Crippen LogP contribution in [0.1, 0.15) is 18.1 Å². The minimum Gasteiger partial charge on any atom is -0.399 e. The van der Waals surface area contributed by atoms with Crippen LogP contribution in [-0.2, 0) is 11.0 Å². The molecular weight excluding hydrogens is 245 g/mol. The summed E-state index contributed by atoms with van der Waals surface area (Å²) in [7, 11) is 0. The van der Waals surface area contributed by atoms with Crippen molar-refractivity contribution in [3.8, 4) is 0 Å². The number of nitrogens with one attached hydrogen (secondary N) is 1. The Morgan fingerprint density at radius 2 is 2.11 bits per heavy atom. The van der Waals surface area contributed by atoms with Gasteiger partial charge in [0.15, 0.2) is 0 Å². The summed E-state index contributed by atoms with van der Waals surface area (Å²) in [5, 5.41) is 2.45. The lowest BCUT2D eigenvalue weighted by atomic mass is 10.1. The summed E-state index contributed by atoms with van der Waals surface area (Å²) in [6, 6.07) is 3.38. The van der Waals surface area contributed by atoms with E-state index in [2.05, 4.69) is 5.32 Å². The first-order valence-electron chi connectivity index (χ1n) is 5.18. The highest BCUT2D eigenvalue weighted by atomic mass is 19.4. The average molecular weight is 258 g/mol. The van der Waals surface area contributed by atoms with Gasteiger partial charge in [0.05, 0.1) is 5.56 Å². The Balaban J connectivity index is 2.93. The van der Waals surface area contributed by atoms with Crippen LogP contribution in [0.3, 0.4) is 0 Å². The lowest BCUT2D eigenvalue weighted by Crippen LogP contribution is -2.19. The summed E-state index contributed by atoms with van der Waals surface area (Å²) in [6.45, 7) is 1.50. The predicted octanol–water partition coefficient (Wildman–Crippen LogP) is 2.44. The van der Waals surface area contributed by atoms with Gasteiger partial charge in [-0.15, -0.1) is 0 Å². The molecule has 0 bridgehead atoms. The molecule has 0 heterocycles. The summed E-state index contributed by atoms with van der Waals surface area (Å²) in [5.41, 5.74) is 4.93. The molecule has 3 N–H and O–H groups in total. The number of benzene rings is 1. The van der Waals surface area contributed by atoms with Crippen LogP contribution >= 0.6 is 0 Å². The summed E-state index contributed by atoms with van der Waals surface area (Å²) < 4.78 is 38.0. The zero-order valence-corrected chi connectivity index (χ0v) is 9.71. The fourth-order valence-corrected chi connectivity index (χ4v) is 1.37. The number of carbonyl (C=O) groups is 1. The molecule has 0 radical (unpaired) electrons. The molecule has 1 aromatic rings. The first kappa shape index (κ1) is 14.1. The Morgan fingerprint density at radius 1 is 1.44 bits per heavy atom. The first-order valence-corrected chi connectivity index (χ1v) is 5.18. The second-order valence-corrected chi connectivity index (χ2v) is 3.68. The highest BCUT2D eigenvalue weighted by Crippen LogP contribution is 2.33. The van der Waals surface area contributed by atoms with Crippen molar-refractivity contribution in [3.63, 3.8) is 0 Å². The van der Waals surface area contributed by atoms with E-state index in [1.54, 1.807) is 0 Å². The van der Waals surface area contributed by atoms with E-state index in [0.717, 1.165) is 6.07 Å². The number of hydrogen-bond acceptors (Lipinski definition) is 2. The number of alkyl halides is 3.